The van der Waals surface area contributed by atoms with Crippen molar-refractivity contribution in [1.82, 2.24) is 20.4 Å². The standard InChI is InChI=1S/C18H22N4OS2/c1-11-16(13-7-9-22(11)10-8-13)19-17(23)14-3-5-15(6-4-14)25-18-21-20-12(2)24-18/h3-6,11,13,16H,7-10H2,1-2H3,(H,19,23)/t11-,16-/m0/s1. The average molecular weight is 375 g/mol. The van der Waals surface area contributed by atoms with E-state index in [0.29, 0.717) is 12.0 Å². The zero-order valence-electron chi connectivity index (χ0n) is 14.4. The Labute approximate surface area is 156 Å². The lowest BCUT2D eigenvalue weighted by atomic mass is 9.79. The molecule has 2 atom stereocenters. The van der Waals surface area contributed by atoms with Crippen LogP contribution in [0.4, 0.5) is 0 Å². The molecule has 3 aliphatic heterocycles. The molecule has 2 bridgehead atoms. The van der Waals surface area contributed by atoms with Crippen LogP contribution in [0, 0.1) is 12.8 Å². The number of nitrogens with one attached hydrogen (secondary N) is 1. The zero-order chi connectivity index (χ0) is 17.4. The third kappa shape index (κ3) is 3.59. The van der Waals surface area contributed by atoms with Crippen LogP contribution in [-0.2, 0) is 0 Å². The fraction of sp³-hybridized carbons (Fsp3) is 0.500. The van der Waals surface area contributed by atoms with Crippen molar-refractivity contribution in [3.63, 3.8) is 0 Å². The van der Waals surface area contributed by atoms with Crippen molar-refractivity contribution < 1.29 is 4.79 Å². The Morgan fingerprint density at radius 3 is 2.56 bits per heavy atom. The summed E-state index contributed by atoms with van der Waals surface area (Å²) < 4.78 is 0.927. The van der Waals surface area contributed by atoms with Crippen molar-refractivity contribution in [3.05, 3.63) is 34.8 Å². The first-order valence-electron chi connectivity index (χ1n) is 8.73. The number of hydrogen-bond acceptors (Lipinski definition) is 6. The predicted molar refractivity (Wildman–Crippen MR) is 100 cm³/mol. The molecular formula is C18H22N4OS2. The van der Waals surface area contributed by atoms with Gasteiger partial charge >= 0.3 is 0 Å². The molecule has 5 rings (SSSR count). The highest BCUT2D eigenvalue weighted by molar-refractivity contribution is 8.01. The molecule has 0 saturated carbocycles. The summed E-state index contributed by atoms with van der Waals surface area (Å²) in [7, 11) is 0. The van der Waals surface area contributed by atoms with Gasteiger partial charge in [0.2, 0.25) is 0 Å². The van der Waals surface area contributed by atoms with Gasteiger partial charge in [0.25, 0.3) is 5.91 Å². The van der Waals surface area contributed by atoms with Crippen LogP contribution in [0.15, 0.2) is 33.5 Å². The Balaban J connectivity index is 1.40. The number of carbonyl (C=O) groups is 1. The van der Waals surface area contributed by atoms with Crippen LogP contribution in [0.25, 0.3) is 0 Å². The van der Waals surface area contributed by atoms with Gasteiger partial charge in [0.05, 0.1) is 0 Å². The molecule has 0 spiro atoms. The normalized spacial score (nSPS) is 28.1. The summed E-state index contributed by atoms with van der Waals surface area (Å²) in [5.41, 5.74) is 0.724. The van der Waals surface area contributed by atoms with E-state index < -0.39 is 0 Å². The lowest BCUT2D eigenvalue weighted by Gasteiger charge is -2.49. The molecule has 3 saturated heterocycles. The number of nitrogens with zero attached hydrogens (tertiary/aromatic N) is 3. The molecule has 3 fully saturated rings. The number of amides is 1. The first kappa shape index (κ1) is 17.0. The van der Waals surface area contributed by atoms with Gasteiger partial charge in [-0.15, -0.1) is 10.2 Å². The Bertz CT molecular complexity index is 751. The van der Waals surface area contributed by atoms with Gasteiger partial charge in [0, 0.05) is 22.5 Å². The summed E-state index contributed by atoms with van der Waals surface area (Å²) in [6, 6.07) is 8.47. The number of piperidine rings is 3. The highest BCUT2D eigenvalue weighted by Gasteiger charge is 2.40. The Kier molecular flexibility index (Phi) is 4.80. The quantitative estimate of drug-likeness (QED) is 0.890. The maximum atomic E-state index is 12.7. The minimum absolute atomic E-state index is 0.0360. The largest absolute Gasteiger partial charge is 0.347 e. The highest BCUT2D eigenvalue weighted by Crippen LogP contribution is 2.33. The number of fused-ring (bicyclic) bond motifs is 3. The minimum Gasteiger partial charge on any atom is -0.347 e. The second kappa shape index (κ2) is 7.05. The molecule has 3 aliphatic rings. The van der Waals surface area contributed by atoms with Crippen molar-refractivity contribution in [3.8, 4) is 0 Å². The van der Waals surface area contributed by atoms with Gasteiger partial charge in [-0.2, -0.15) is 0 Å². The number of hydrogen-bond donors (Lipinski definition) is 1. The van der Waals surface area contributed by atoms with Gasteiger partial charge in [-0.3, -0.25) is 9.69 Å². The van der Waals surface area contributed by atoms with Crippen LogP contribution in [0.2, 0.25) is 0 Å². The molecule has 5 nitrogen and oxygen atoms in total. The Hall–Kier alpha value is -1.44. The molecule has 0 radical (unpaired) electrons. The lowest BCUT2D eigenvalue weighted by Crippen LogP contribution is -2.62. The molecule has 7 heteroatoms. The van der Waals surface area contributed by atoms with E-state index in [1.165, 1.54) is 25.9 Å². The van der Waals surface area contributed by atoms with E-state index in [1.54, 1.807) is 23.1 Å². The molecule has 4 heterocycles. The van der Waals surface area contributed by atoms with Crippen molar-refractivity contribution in [2.75, 3.05) is 13.1 Å². The van der Waals surface area contributed by atoms with E-state index in [1.807, 2.05) is 31.2 Å². The van der Waals surface area contributed by atoms with E-state index >= 15 is 0 Å². The van der Waals surface area contributed by atoms with Gasteiger partial charge in [0.1, 0.15) is 5.01 Å². The number of rotatable bonds is 4. The van der Waals surface area contributed by atoms with Gasteiger partial charge in [-0.05, 0) is 70.0 Å². The van der Waals surface area contributed by atoms with Gasteiger partial charge in [-0.25, -0.2) is 0 Å². The summed E-state index contributed by atoms with van der Waals surface area (Å²) in [4.78, 5) is 16.2. The van der Waals surface area contributed by atoms with Crippen LogP contribution in [0.1, 0.15) is 35.1 Å². The second-order valence-electron chi connectivity index (χ2n) is 6.83. The third-order valence-electron chi connectivity index (χ3n) is 5.30. The second-order valence-corrected chi connectivity index (χ2v) is 9.33. The van der Waals surface area contributed by atoms with E-state index in [-0.39, 0.29) is 11.9 Å². The molecule has 0 aliphatic carbocycles. The summed E-state index contributed by atoms with van der Waals surface area (Å²) in [5.74, 6) is 0.660. The fourth-order valence-electron chi connectivity index (χ4n) is 3.87. The van der Waals surface area contributed by atoms with E-state index in [0.717, 1.165) is 19.8 Å². The van der Waals surface area contributed by atoms with Crippen LogP contribution in [-0.4, -0.2) is 46.2 Å². The van der Waals surface area contributed by atoms with Crippen LogP contribution in [0.5, 0.6) is 0 Å². The maximum absolute atomic E-state index is 12.7. The number of aryl methyl sites for hydroxylation is 1. The Morgan fingerprint density at radius 2 is 1.96 bits per heavy atom. The summed E-state index contributed by atoms with van der Waals surface area (Å²) in [6.45, 7) is 6.54. The van der Waals surface area contributed by atoms with Gasteiger partial charge in [-0.1, -0.05) is 23.1 Å². The van der Waals surface area contributed by atoms with Crippen molar-refractivity contribution in [2.24, 2.45) is 5.92 Å². The molecule has 1 aromatic heterocycles. The molecule has 2 aromatic rings. The Morgan fingerprint density at radius 1 is 1.24 bits per heavy atom. The zero-order valence-corrected chi connectivity index (χ0v) is 16.1. The van der Waals surface area contributed by atoms with E-state index in [9.17, 15) is 4.79 Å². The van der Waals surface area contributed by atoms with Crippen molar-refractivity contribution in [2.45, 2.75) is 48.0 Å². The fourth-order valence-corrected chi connectivity index (χ4v) is 5.66. The van der Waals surface area contributed by atoms with Gasteiger partial charge < -0.3 is 5.32 Å². The first-order chi connectivity index (χ1) is 12.1. The monoisotopic (exact) mass is 374 g/mol. The van der Waals surface area contributed by atoms with E-state index in [2.05, 4.69) is 27.3 Å². The maximum Gasteiger partial charge on any atom is 0.251 e. The van der Waals surface area contributed by atoms with Crippen molar-refractivity contribution in [1.29, 1.82) is 0 Å². The average Bonchev–Trinajstić information content (AvgIpc) is 3.04. The number of benzene rings is 1. The summed E-state index contributed by atoms with van der Waals surface area (Å²) in [5, 5.41) is 12.4. The third-order valence-corrected chi connectivity index (χ3v) is 7.20. The molecule has 25 heavy (non-hydrogen) atoms. The minimum atomic E-state index is 0.0360. The molecule has 1 aromatic carbocycles. The summed E-state index contributed by atoms with van der Waals surface area (Å²) in [6.07, 6.45) is 2.40. The van der Waals surface area contributed by atoms with Crippen molar-refractivity contribution >= 4 is 29.0 Å². The summed E-state index contributed by atoms with van der Waals surface area (Å²) >= 11 is 3.16. The topological polar surface area (TPSA) is 58.1 Å². The molecule has 0 unspecified atom stereocenters. The van der Waals surface area contributed by atoms with Gasteiger partial charge in [0.15, 0.2) is 4.34 Å². The smallest absolute Gasteiger partial charge is 0.251 e. The number of aromatic nitrogens is 2. The highest BCUT2D eigenvalue weighted by atomic mass is 32.2. The van der Waals surface area contributed by atoms with Crippen LogP contribution >= 0.6 is 23.1 Å². The molecule has 1 amide bonds. The van der Waals surface area contributed by atoms with E-state index in [4.69, 9.17) is 0 Å². The number of carbonyl (C=O) groups excluding carboxylic acids is 1. The first-order valence-corrected chi connectivity index (χ1v) is 10.4. The predicted octanol–water partition coefficient (Wildman–Crippen LogP) is 3.21. The molecular weight excluding hydrogens is 352 g/mol. The SMILES string of the molecule is Cc1nnc(Sc2ccc(C(=O)N[C@@H]3C4CCN(CC4)[C@H]3C)cc2)s1. The lowest BCUT2D eigenvalue weighted by molar-refractivity contribution is 0.0217. The molecule has 1 N–H and O–H groups in total. The van der Waals surface area contributed by atoms with Crippen LogP contribution in [0.3, 0.4) is 0 Å². The molecule has 132 valence electrons. The van der Waals surface area contributed by atoms with Crippen LogP contribution < -0.4 is 5.32 Å².